The first kappa shape index (κ1) is 12.7. The maximum absolute atomic E-state index is 10.7. The van der Waals surface area contributed by atoms with Crippen LogP contribution in [-0.4, -0.2) is 21.4 Å². The van der Waals surface area contributed by atoms with Crippen molar-refractivity contribution in [3.63, 3.8) is 0 Å². The molecule has 0 aliphatic carbocycles. The Hall–Kier alpha value is -2.70. The summed E-state index contributed by atoms with van der Waals surface area (Å²) < 4.78 is 5.46. The number of aromatic nitrogens is 2. The predicted molar refractivity (Wildman–Crippen MR) is 69.4 cm³/mol. The summed E-state index contributed by atoms with van der Waals surface area (Å²) in [5, 5.41) is 13.7. The zero-order valence-corrected chi connectivity index (χ0v) is 10.2. The van der Waals surface area contributed by atoms with Gasteiger partial charge in [-0.15, -0.1) is 0 Å². The van der Waals surface area contributed by atoms with Crippen molar-refractivity contribution >= 4 is 11.5 Å². The molecule has 2 rings (SSSR count). The maximum atomic E-state index is 10.7. The first-order valence-corrected chi connectivity index (χ1v) is 5.67. The smallest absolute Gasteiger partial charge is 0.273 e. The van der Waals surface area contributed by atoms with Gasteiger partial charge in [0.2, 0.25) is 5.88 Å². The van der Waals surface area contributed by atoms with Gasteiger partial charge >= 0.3 is 0 Å². The number of ether oxygens (including phenoxy) is 1. The van der Waals surface area contributed by atoms with Crippen LogP contribution in [0.2, 0.25) is 0 Å². The molecule has 1 aromatic heterocycles. The molecule has 0 amide bonds. The summed E-state index contributed by atoms with van der Waals surface area (Å²) in [6.07, 6.45) is 1.37. The Bertz CT molecular complexity index is 589. The summed E-state index contributed by atoms with van der Waals surface area (Å²) in [5.41, 5.74) is -0.0292. The second-order valence-electron chi connectivity index (χ2n) is 3.63. The van der Waals surface area contributed by atoms with E-state index < -0.39 is 4.92 Å². The van der Waals surface area contributed by atoms with Gasteiger partial charge in [0.25, 0.3) is 5.69 Å². The molecule has 0 bridgehead atoms. The third-order valence-electron chi connectivity index (χ3n) is 2.25. The summed E-state index contributed by atoms with van der Waals surface area (Å²) in [7, 11) is 0. The lowest BCUT2D eigenvalue weighted by molar-refractivity contribution is -0.384. The molecule has 0 spiro atoms. The van der Waals surface area contributed by atoms with Gasteiger partial charge in [-0.25, -0.2) is 9.97 Å². The lowest BCUT2D eigenvalue weighted by atomic mass is 10.3. The van der Waals surface area contributed by atoms with Gasteiger partial charge in [-0.2, -0.15) is 0 Å². The molecule has 0 radical (unpaired) electrons. The van der Waals surface area contributed by atoms with Crippen LogP contribution in [0.5, 0.6) is 11.6 Å². The number of non-ortho nitro benzene ring substituents is 1. The highest BCUT2D eigenvalue weighted by Gasteiger charge is 2.07. The number of hydrogen-bond acceptors (Lipinski definition) is 6. The Morgan fingerprint density at radius 2 is 2.21 bits per heavy atom. The fourth-order valence-electron chi connectivity index (χ4n) is 1.45. The van der Waals surface area contributed by atoms with Gasteiger partial charge in [0.1, 0.15) is 17.9 Å². The molecule has 0 aliphatic rings. The molecular weight excluding hydrogens is 248 g/mol. The van der Waals surface area contributed by atoms with E-state index in [1.165, 1.54) is 18.5 Å². The van der Waals surface area contributed by atoms with Crippen molar-refractivity contribution in [1.29, 1.82) is 0 Å². The van der Waals surface area contributed by atoms with Crippen LogP contribution in [0.1, 0.15) is 6.92 Å². The summed E-state index contributed by atoms with van der Waals surface area (Å²) in [5.74, 6) is 1.32. The van der Waals surface area contributed by atoms with E-state index in [4.69, 9.17) is 4.74 Å². The molecule has 0 atom stereocenters. The number of nitrogens with one attached hydrogen (secondary N) is 1. The number of nitro benzene ring substituents is 1. The van der Waals surface area contributed by atoms with Crippen LogP contribution < -0.4 is 10.1 Å². The minimum Gasteiger partial charge on any atom is -0.439 e. The Morgan fingerprint density at radius 3 is 2.95 bits per heavy atom. The molecule has 7 nitrogen and oxygen atoms in total. The van der Waals surface area contributed by atoms with Crippen molar-refractivity contribution in [2.24, 2.45) is 0 Å². The fraction of sp³-hybridized carbons (Fsp3) is 0.167. The molecule has 1 N–H and O–H groups in total. The van der Waals surface area contributed by atoms with Crippen molar-refractivity contribution in [2.75, 3.05) is 11.9 Å². The van der Waals surface area contributed by atoms with Crippen molar-refractivity contribution < 1.29 is 9.66 Å². The summed E-state index contributed by atoms with van der Waals surface area (Å²) in [4.78, 5) is 18.1. The van der Waals surface area contributed by atoms with E-state index >= 15 is 0 Å². The molecule has 7 heteroatoms. The van der Waals surface area contributed by atoms with Gasteiger partial charge in [0.05, 0.1) is 11.0 Å². The van der Waals surface area contributed by atoms with Gasteiger partial charge in [0.15, 0.2) is 0 Å². The van der Waals surface area contributed by atoms with Crippen LogP contribution in [0, 0.1) is 10.1 Å². The molecule has 1 heterocycles. The van der Waals surface area contributed by atoms with Crippen molar-refractivity contribution in [1.82, 2.24) is 9.97 Å². The van der Waals surface area contributed by atoms with E-state index in [1.807, 2.05) is 6.92 Å². The van der Waals surface area contributed by atoms with E-state index in [2.05, 4.69) is 15.3 Å². The number of anilines is 1. The van der Waals surface area contributed by atoms with Crippen LogP contribution in [0.25, 0.3) is 0 Å². The van der Waals surface area contributed by atoms with Gasteiger partial charge in [-0.05, 0) is 13.0 Å². The van der Waals surface area contributed by atoms with E-state index in [9.17, 15) is 10.1 Å². The van der Waals surface area contributed by atoms with Gasteiger partial charge in [0, 0.05) is 18.7 Å². The van der Waals surface area contributed by atoms with E-state index in [0.717, 1.165) is 6.54 Å². The summed E-state index contributed by atoms with van der Waals surface area (Å²) in [6.45, 7) is 2.68. The summed E-state index contributed by atoms with van der Waals surface area (Å²) >= 11 is 0. The normalized spacial score (nSPS) is 9.95. The summed E-state index contributed by atoms with van der Waals surface area (Å²) in [6, 6.07) is 7.55. The molecule has 0 unspecified atom stereocenters. The average molecular weight is 260 g/mol. The minimum absolute atomic E-state index is 0.0292. The number of hydrogen-bond donors (Lipinski definition) is 1. The molecule has 98 valence electrons. The van der Waals surface area contributed by atoms with Crippen molar-refractivity contribution in [2.45, 2.75) is 6.92 Å². The minimum atomic E-state index is -0.475. The Morgan fingerprint density at radius 1 is 1.37 bits per heavy atom. The van der Waals surface area contributed by atoms with Crippen LogP contribution in [0.15, 0.2) is 36.7 Å². The van der Waals surface area contributed by atoms with Crippen LogP contribution in [0.4, 0.5) is 11.5 Å². The first-order chi connectivity index (χ1) is 9.19. The third-order valence-corrected chi connectivity index (χ3v) is 2.25. The third kappa shape index (κ3) is 3.38. The lowest BCUT2D eigenvalue weighted by Gasteiger charge is -2.06. The Labute approximate surface area is 109 Å². The van der Waals surface area contributed by atoms with Crippen LogP contribution >= 0.6 is 0 Å². The molecule has 0 saturated carbocycles. The molecule has 0 saturated heterocycles. The quantitative estimate of drug-likeness (QED) is 0.656. The molecule has 2 aromatic rings. The highest BCUT2D eigenvalue weighted by molar-refractivity contribution is 5.42. The largest absolute Gasteiger partial charge is 0.439 e. The molecule has 19 heavy (non-hydrogen) atoms. The number of rotatable bonds is 5. The fourth-order valence-corrected chi connectivity index (χ4v) is 1.45. The highest BCUT2D eigenvalue weighted by atomic mass is 16.6. The lowest BCUT2D eigenvalue weighted by Crippen LogP contribution is -2.00. The topological polar surface area (TPSA) is 90.2 Å². The second kappa shape index (κ2) is 5.76. The van der Waals surface area contributed by atoms with Crippen LogP contribution in [-0.2, 0) is 0 Å². The van der Waals surface area contributed by atoms with E-state index in [-0.39, 0.29) is 5.69 Å². The van der Waals surface area contributed by atoms with Crippen molar-refractivity contribution in [3.05, 3.63) is 46.8 Å². The average Bonchev–Trinajstić information content (AvgIpc) is 2.40. The van der Waals surface area contributed by atoms with E-state index in [1.54, 1.807) is 18.2 Å². The number of nitro groups is 1. The molecular formula is C12H12N4O3. The van der Waals surface area contributed by atoms with Gasteiger partial charge in [-0.1, -0.05) is 6.07 Å². The predicted octanol–water partition coefficient (Wildman–Crippen LogP) is 2.61. The van der Waals surface area contributed by atoms with Gasteiger partial charge in [-0.3, -0.25) is 10.1 Å². The Balaban J connectivity index is 2.18. The van der Waals surface area contributed by atoms with E-state index in [0.29, 0.717) is 17.4 Å². The monoisotopic (exact) mass is 260 g/mol. The molecule has 0 aliphatic heterocycles. The van der Waals surface area contributed by atoms with Gasteiger partial charge < -0.3 is 10.1 Å². The zero-order chi connectivity index (χ0) is 13.7. The highest BCUT2D eigenvalue weighted by Crippen LogP contribution is 2.24. The SMILES string of the molecule is CCNc1cc(Oc2cccc([N+](=O)[O-])c2)ncn1. The number of benzene rings is 1. The first-order valence-electron chi connectivity index (χ1n) is 5.67. The van der Waals surface area contributed by atoms with Crippen molar-refractivity contribution in [3.8, 4) is 11.6 Å². The molecule has 0 fully saturated rings. The van der Waals surface area contributed by atoms with Crippen LogP contribution in [0.3, 0.4) is 0 Å². The standard InChI is InChI=1S/C12H12N4O3/c1-2-13-11-7-12(15-8-14-11)19-10-5-3-4-9(6-10)16(17)18/h3-8H,2H2,1H3,(H,13,14,15). The maximum Gasteiger partial charge on any atom is 0.273 e. The molecule has 1 aromatic carbocycles. The number of nitrogens with zero attached hydrogens (tertiary/aromatic N) is 3. The Kier molecular flexibility index (Phi) is 3.87. The second-order valence-corrected chi connectivity index (χ2v) is 3.63. The zero-order valence-electron chi connectivity index (χ0n) is 10.2.